The lowest BCUT2D eigenvalue weighted by molar-refractivity contribution is 0.359. The van der Waals surface area contributed by atoms with Gasteiger partial charge in [0.2, 0.25) is 0 Å². The molecule has 0 saturated heterocycles. The maximum absolute atomic E-state index is 8.58. The van der Waals surface area contributed by atoms with Crippen molar-refractivity contribution in [3.63, 3.8) is 0 Å². The Labute approximate surface area is 140 Å². The van der Waals surface area contributed by atoms with Gasteiger partial charge in [-0.1, -0.05) is 36.4 Å². The zero-order chi connectivity index (χ0) is 16.2. The van der Waals surface area contributed by atoms with E-state index in [1.54, 1.807) is 4.90 Å². The van der Waals surface area contributed by atoms with E-state index in [0.717, 1.165) is 11.4 Å². The molecule has 1 N–H and O–H groups in total. The van der Waals surface area contributed by atoms with E-state index >= 15 is 0 Å². The molecule has 6 heteroatoms. The lowest BCUT2D eigenvalue weighted by atomic mass is 10.2. The average molecular weight is 330 g/mol. The van der Waals surface area contributed by atoms with E-state index < -0.39 is 0 Å². The molecule has 0 unspecified atom stereocenters. The fourth-order valence-corrected chi connectivity index (χ4v) is 1.94. The molecule has 0 radical (unpaired) electrons. The molecule has 112 valence electrons. The topological polar surface area (TPSA) is 56.5 Å². The van der Waals surface area contributed by atoms with Crippen LogP contribution < -0.4 is 4.90 Å². The second-order valence-electron chi connectivity index (χ2n) is 3.82. The monoisotopic (exact) mass is 330 g/mol. The molecular formula is C16H14N2O2S2. The van der Waals surface area contributed by atoms with Gasteiger partial charge in [0.1, 0.15) is 11.6 Å². The number of para-hydroxylation sites is 2. The van der Waals surface area contributed by atoms with Gasteiger partial charge in [-0.3, -0.25) is 4.90 Å². The summed E-state index contributed by atoms with van der Waals surface area (Å²) in [6.07, 6.45) is 0. The first-order valence-electron chi connectivity index (χ1n) is 6.26. The fraction of sp³-hybridized carbons (Fsp3) is 0.0625. The van der Waals surface area contributed by atoms with Crippen molar-refractivity contribution in [2.45, 2.75) is 0 Å². The van der Waals surface area contributed by atoms with Crippen molar-refractivity contribution in [1.29, 1.82) is 5.26 Å². The Balaban J connectivity index is 0.000000745. The van der Waals surface area contributed by atoms with Crippen LogP contribution in [0, 0.1) is 11.3 Å². The molecule has 0 fully saturated rings. The Morgan fingerprint density at radius 2 is 1.50 bits per heavy atom. The number of hydrogen-bond acceptors (Lipinski definition) is 4. The van der Waals surface area contributed by atoms with Crippen molar-refractivity contribution in [1.82, 2.24) is 0 Å². The van der Waals surface area contributed by atoms with Crippen LogP contribution in [-0.2, 0) is 4.74 Å². The predicted octanol–water partition coefficient (Wildman–Crippen LogP) is 4.15. The van der Waals surface area contributed by atoms with Crippen molar-refractivity contribution < 1.29 is 9.84 Å². The number of hydrogen-bond donors (Lipinski definition) is 1. The molecule has 0 saturated carbocycles. The summed E-state index contributed by atoms with van der Waals surface area (Å²) in [7, 11) is 0. The first-order valence-corrected chi connectivity index (χ1v) is 7.14. The Morgan fingerprint density at radius 1 is 1.09 bits per heavy atom. The van der Waals surface area contributed by atoms with Crippen LogP contribution in [0.2, 0.25) is 0 Å². The third-order valence-electron chi connectivity index (χ3n) is 2.47. The Kier molecular flexibility index (Phi) is 8.20. The van der Waals surface area contributed by atoms with E-state index in [4.69, 9.17) is 27.3 Å². The minimum absolute atomic E-state index is 0.0605. The summed E-state index contributed by atoms with van der Waals surface area (Å²) in [6, 6.07) is 21.3. The lowest BCUT2D eigenvalue weighted by Gasteiger charge is -2.24. The van der Waals surface area contributed by atoms with Crippen LogP contribution in [0.15, 0.2) is 60.7 Å². The van der Waals surface area contributed by atoms with Crippen molar-refractivity contribution >= 4 is 46.5 Å². The van der Waals surface area contributed by atoms with Gasteiger partial charge in [0.05, 0.1) is 0 Å². The average Bonchev–Trinajstić information content (AvgIpc) is 2.56. The number of aliphatic hydroxyl groups is 1. The Hall–Kier alpha value is -2.49. The van der Waals surface area contributed by atoms with Crippen molar-refractivity contribution in [2.24, 2.45) is 0 Å². The summed E-state index contributed by atoms with van der Waals surface area (Å²) < 4.78 is 5.26. The fourth-order valence-electron chi connectivity index (χ4n) is 1.67. The molecule has 0 aromatic heterocycles. The first kappa shape index (κ1) is 17.6. The summed E-state index contributed by atoms with van der Waals surface area (Å²) in [5.41, 5.74) is 2.38. The van der Waals surface area contributed by atoms with Crippen LogP contribution in [0.3, 0.4) is 0 Å². The second-order valence-corrected chi connectivity index (χ2v) is 4.38. The van der Waals surface area contributed by atoms with Gasteiger partial charge in [-0.05, 0) is 48.7 Å². The number of rotatable bonds is 3. The van der Waals surface area contributed by atoms with Crippen LogP contribution in [0.25, 0.3) is 0 Å². The normalized spacial score (nSPS) is 8.68. The molecule has 22 heavy (non-hydrogen) atoms. The number of ether oxygens (including phenoxy) is 1. The van der Waals surface area contributed by atoms with Gasteiger partial charge >= 0.3 is 0 Å². The van der Waals surface area contributed by atoms with Gasteiger partial charge in [0.25, 0.3) is 5.17 Å². The van der Waals surface area contributed by atoms with E-state index in [-0.39, 0.29) is 11.8 Å². The minimum Gasteiger partial charge on any atom is -0.504 e. The van der Waals surface area contributed by atoms with Gasteiger partial charge in [-0.2, -0.15) is 5.26 Å². The van der Waals surface area contributed by atoms with E-state index in [1.165, 1.54) is 0 Å². The maximum Gasteiger partial charge on any atom is 0.269 e. The highest BCUT2D eigenvalue weighted by Crippen LogP contribution is 2.25. The number of benzene rings is 2. The van der Waals surface area contributed by atoms with Crippen molar-refractivity contribution in [2.75, 3.05) is 11.5 Å². The van der Waals surface area contributed by atoms with Crippen LogP contribution in [-0.4, -0.2) is 22.4 Å². The molecule has 0 spiro atoms. The van der Waals surface area contributed by atoms with Gasteiger partial charge < -0.3 is 9.84 Å². The largest absolute Gasteiger partial charge is 0.504 e. The summed E-state index contributed by atoms with van der Waals surface area (Å²) in [4.78, 5) is 1.80. The number of nitrogens with zero attached hydrogens (tertiary/aromatic N) is 2. The molecule has 0 amide bonds. The molecule has 2 aromatic rings. The maximum atomic E-state index is 8.58. The third kappa shape index (κ3) is 5.48. The standard InChI is InChI=1S/C15H12N2OS.CH2OS/c16-11-12-18-15(19)17(13-7-3-1-4-8-13)14-9-5-2-6-10-14;2-1-3/h1-10H,12H2;1H,(H,2,3). The van der Waals surface area contributed by atoms with Crippen LogP contribution in [0.1, 0.15) is 0 Å². The van der Waals surface area contributed by atoms with Crippen LogP contribution in [0.5, 0.6) is 0 Å². The van der Waals surface area contributed by atoms with Gasteiger partial charge in [0, 0.05) is 11.4 Å². The molecule has 0 atom stereocenters. The molecule has 0 aliphatic carbocycles. The highest BCUT2D eigenvalue weighted by Gasteiger charge is 2.15. The predicted molar refractivity (Wildman–Crippen MR) is 95.5 cm³/mol. The number of nitriles is 1. The quantitative estimate of drug-likeness (QED) is 0.853. The molecular weight excluding hydrogens is 316 g/mol. The highest BCUT2D eigenvalue weighted by atomic mass is 32.1. The zero-order valence-electron chi connectivity index (χ0n) is 11.6. The summed E-state index contributed by atoms with van der Waals surface area (Å²) in [6.45, 7) is -0.0605. The smallest absolute Gasteiger partial charge is 0.269 e. The Morgan fingerprint density at radius 3 is 1.86 bits per heavy atom. The summed E-state index contributed by atoms with van der Waals surface area (Å²) in [5.74, 6) is 0. The van der Waals surface area contributed by atoms with Gasteiger partial charge in [-0.25, -0.2) is 0 Å². The van der Waals surface area contributed by atoms with Gasteiger partial charge in [-0.15, -0.1) is 0 Å². The molecule has 0 aliphatic heterocycles. The van der Waals surface area contributed by atoms with E-state index in [0.29, 0.717) is 5.55 Å². The molecule has 0 bridgehead atoms. The van der Waals surface area contributed by atoms with E-state index in [1.807, 2.05) is 66.7 Å². The van der Waals surface area contributed by atoms with Crippen molar-refractivity contribution in [3.8, 4) is 6.07 Å². The van der Waals surface area contributed by atoms with E-state index in [9.17, 15) is 0 Å². The summed E-state index contributed by atoms with van der Waals surface area (Å²) >= 11 is 9.08. The minimum atomic E-state index is -0.0605. The van der Waals surface area contributed by atoms with Gasteiger partial charge in [0.15, 0.2) is 6.61 Å². The third-order valence-corrected chi connectivity index (χ3v) is 2.77. The molecule has 2 aromatic carbocycles. The Bertz CT molecular complexity index is 588. The van der Waals surface area contributed by atoms with E-state index in [2.05, 4.69) is 12.2 Å². The van der Waals surface area contributed by atoms with Crippen molar-refractivity contribution in [3.05, 3.63) is 60.7 Å². The highest BCUT2D eigenvalue weighted by molar-refractivity contribution is 7.80. The van der Waals surface area contributed by atoms with Crippen LogP contribution in [0.4, 0.5) is 11.4 Å². The molecule has 4 nitrogen and oxygen atoms in total. The zero-order valence-corrected chi connectivity index (χ0v) is 13.3. The summed E-state index contributed by atoms with van der Waals surface area (Å²) in [5, 5.41) is 16.1. The SMILES string of the molecule is N#CCOC(=S)N(c1ccccc1)c1ccccc1.OC=S. The second kappa shape index (κ2) is 10.3. The lowest BCUT2D eigenvalue weighted by Crippen LogP contribution is -2.26. The number of aliphatic hydroxyl groups excluding tert-OH is 1. The number of thiocarbonyl (C=S) groups is 2. The van der Waals surface area contributed by atoms with Crippen LogP contribution >= 0.6 is 24.4 Å². The molecule has 2 rings (SSSR count). The number of anilines is 2. The first-order chi connectivity index (χ1) is 10.7. The molecule has 0 heterocycles. The molecule has 0 aliphatic rings.